The van der Waals surface area contributed by atoms with Crippen LogP contribution < -0.4 is 10.6 Å². The van der Waals surface area contributed by atoms with E-state index in [1.807, 2.05) is 18.7 Å². The van der Waals surface area contributed by atoms with Crippen LogP contribution in [-0.2, 0) is 0 Å². The van der Waals surface area contributed by atoms with E-state index in [1.165, 1.54) is 0 Å². The largest absolute Gasteiger partial charge is 0.390 e. The number of urea groups is 1. The quantitative estimate of drug-likeness (QED) is 0.792. The molecule has 1 rings (SSSR count). The first-order valence-corrected chi connectivity index (χ1v) is 7.59. The number of alkyl halides is 3. The first kappa shape index (κ1) is 18.1. The van der Waals surface area contributed by atoms with Crippen LogP contribution in [0.2, 0.25) is 0 Å². The number of carbonyl (C=O) groups excluding carboxylic acids is 1. The topological polar surface area (TPSA) is 44.4 Å². The van der Waals surface area contributed by atoms with Gasteiger partial charge in [-0.05, 0) is 45.6 Å². The van der Waals surface area contributed by atoms with Crippen LogP contribution in [0, 0.1) is 5.92 Å². The third-order valence-corrected chi connectivity index (χ3v) is 3.57. The second-order valence-electron chi connectivity index (χ2n) is 6.02. The van der Waals surface area contributed by atoms with Gasteiger partial charge in [0.25, 0.3) is 0 Å². The van der Waals surface area contributed by atoms with Gasteiger partial charge in [0.1, 0.15) is 0 Å². The summed E-state index contributed by atoms with van der Waals surface area (Å²) in [5.41, 5.74) is 0. The lowest BCUT2D eigenvalue weighted by Gasteiger charge is -2.33. The molecule has 1 aliphatic rings. The van der Waals surface area contributed by atoms with Crippen LogP contribution in [0.25, 0.3) is 0 Å². The number of hydrogen-bond donors (Lipinski definition) is 2. The van der Waals surface area contributed by atoms with Gasteiger partial charge in [0.2, 0.25) is 0 Å². The molecule has 0 aromatic carbocycles. The molecular weight excluding hydrogens is 283 g/mol. The zero-order chi connectivity index (χ0) is 15.9. The monoisotopic (exact) mass is 309 g/mol. The van der Waals surface area contributed by atoms with E-state index in [0.717, 1.165) is 25.8 Å². The fourth-order valence-corrected chi connectivity index (χ4v) is 2.58. The van der Waals surface area contributed by atoms with Crippen molar-refractivity contribution in [2.75, 3.05) is 26.2 Å². The molecule has 4 nitrogen and oxygen atoms in total. The molecule has 1 fully saturated rings. The minimum atomic E-state index is -4.08. The molecule has 21 heavy (non-hydrogen) atoms. The zero-order valence-electron chi connectivity index (χ0n) is 12.8. The van der Waals surface area contributed by atoms with Crippen molar-refractivity contribution >= 4 is 6.03 Å². The van der Waals surface area contributed by atoms with E-state index in [1.54, 1.807) is 0 Å². The highest BCUT2D eigenvalue weighted by Gasteiger charge is 2.29. The predicted octanol–water partition coefficient (Wildman–Crippen LogP) is 2.75. The predicted molar refractivity (Wildman–Crippen MR) is 76.1 cm³/mol. The van der Waals surface area contributed by atoms with Crippen molar-refractivity contribution in [2.45, 2.75) is 51.7 Å². The first-order valence-electron chi connectivity index (χ1n) is 7.59. The smallest absolute Gasteiger partial charge is 0.338 e. The highest BCUT2D eigenvalue weighted by molar-refractivity contribution is 5.73. The highest BCUT2D eigenvalue weighted by Crippen LogP contribution is 2.23. The van der Waals surface area contributed by atoms with Gasteiger partial charge < -0.3 is 15.5 Å². The molecule has 2 N–H and O–H groups in total. The van der Waals surface area contributed by atoms with Crippen molar-refractivity contribution in [3.8, 4) is 0 Å². The van der Waals surface area contributed by atoms with E-state index >= 15 is 0 Å². The molecule has 1 heterocycles. The van der Waals surface area contributed by atoms with Gasteiger partial charge in [0, 0.05) is 25.7 Å². The molecule has 2 amide bonds. The Morgan fingerprint density at radius 3 is 2.71 bits per heavy atom. The van der Waals surface area contributed by atoms with Crippen molar-refractivity contribution in [3.05, 3.63) is 0 Å². The average Bonchev–Trinajstić information content (AvgIpc) is 2.35. The molecule has 1 aliphatic heterocycles. The summed E-state index contributed by atoms with van der Waals surface area (Å²) in [5, 5.41) is 5.52. The van der Waals surface area contributed by atoms with Crippen molar-refractivity contribution in [1.82, 2.24) is 15.5 Å². The highest BCUT2D eigenvalue weighted by atomic mass is 19.4. The normalized spacial score (nSPS) is 20.6. The Bertz CT molecular complexity index is 321. The minimum absolute atomic E-state index is 0.0846. The molecule has 0 spiro atoms. The maximum absolute atomic E-state index is 12.2. The lowest BCUT2D eigenvalue weighted by Crippen LogP contribution is -2.42. The van der Waals surface area contributed by atoms with Crippen LogP contribution in [0.1, 0.15) is 39.5 Å². The Hall–Kier alpha value is -0.980. The SMILES string of the molecule is CC(C)NC(=O)NCCC1CCCN(CCC(F)(F)F)C1. The van der Waals surface area contributed by atoms with E-state index in [4.69, 9.17) is 0 Å². The Morgan fingerprint density at radius 1 is 1.38 bits per heavy atom. The molecule has 0 aliphatic carbocycles. The van der Waals surface area contributed by atoms with Crippen molar-refractivity contribution in [1.29, 1.82) is 0 Å². The molecule has 7 heteroatoms. The molecule has 1 unspecified atom stereocenters. The van der Waals surface area contributed by atoms with Crippen LogP contribution in [0.15, 0.2) is 0 Å². The standard InChI is InChI=1S/C14H26F3N3O/c1-11(2)19-13(21)18-7-5-12-4-3-8-20(10-12)9-6-14(15,16)17/h11-12H,3-10H2,1-2H3,(H2,18,19,21). The summed E-state index contributed by atoms with van der Waals surface area (Å²) < 4.78 is 36.7. The number of halogens is 3. The molecule has 1 atom stereocenters. The van der Waals surface area contributed by atoms with Crippen LogP contribution in [0.5, 0.6) is 0 Å². The molecule has 1 saturated heterocycles. The van der Waals surface area contributed by atoms with Gasteiger partial charge in [-0.15, -0.1) is 0 Å². The lowest BCUT2D eigenvalue weighted by atomic mass is 9.94. The maximum atomic E-state index is 12.2. The fourth-order valence-electron chi connectivity index (χ4n) is 2.58. The number of nitrogens with one attached hydrogen (secondary N) is 2. The number of nitrogens with zero attached hydrogens (tertiary/aromatic N) is 1. The molecule has 0 aromatic rings. The van der Waals surface area contributed by atoms with Crippen molar-refractivity contribution in [3.63, 3.8) is 0 Å². The molecule has 0 aromatic heterocycles. The van der Waals surface area contributed by atoms with Crippen LogP contribution in [-0.4, -0.2) is 49.3 Å². The second-order valence-corrected chi connectivity index (χ2v) is 6.02. The van der Waals surface area contributed by atoms with Gasteiger partial charge in [-0.2, -0.15) is 13.2 Å². The van der Waals surface area contributed by atoms with Gasteiger partial charge >= 0.3 is 12.2 Å². The van der Waals surface area contributed by atoms with E-state index < -0.39 is 12.6 Å². The number of hydrogen-bond acceptors (Lipinski definition) is 2. The van der Waals surface area contributed by atoms with Gasteiger partial charge in [-0.1, -0.05) is 0 Å². The Kier molecular flexibility index (Phi) is 7.28. The summed E-state index contributed by atoms with van der Waals surface area (Å²) in [5.74, 6) is 0.367. The van der Waals surface area contributed by atoms with Crippen LogP contribution in [0.3, 0.4) is 0 Å². The summed E-state index contributed by atoms with van der Waals surface area (Å²) in [4.78, 5) is 13.3. The number of piperidine rings is 1. The molecule has 0 bridgehead atoms. The van der Waals surface area contributed by atoms with E-state index in [2.05, 4.69) is 10.6 Å². The number of likely N-dealkylation sites (tertiary alicyclic amines) is 1. The molecule has 124 valence electrons. The summed E-state index contributed by atoms with van der Waals surface area (Å²) >= 11 is 0. The lowest BCUT2D eigenvalue weighted by molar-refractivity contribution is -0.138. The van der Waals surface area contributed by atoms with Gasteiger partial charge in [-0.25, -0.2) is 4.79 Å². The fraction of sp³-hybridized carbons (Fsp3) is 0.929. The van der Waals surface area contributed by atoms with E-state index in [9.17, 15) is 18.0 Å². The number of carbonyl (C=O) groups is 1. The molecule has 0 saturated carbocycles. The van der Waals surface area contributed by atoms with Crippen LogP contribution in [0.4, 0.5) is 18.0 Å². The molecule has 0 radical (unpaired) electrons. The second kappa shape index (κ2) is 8.46. The summed E-state index contributed by atoms with van der Waals surface area (Å²) in [6.07, 6.45) is -2.05. The van der Waals surface area contributed by atoms with E-state index in [-0.39, 0.29) is 18.6 Å². The van der Waals surface area contributed by atoms with Crippen molar-refractivity contribution < 1.29 is 18.0 Å². The van der Waals surface area contributed by atoms with Gasteiger partial charge in [-0.3, -0.25) is 0 Å². The third kappa shape index (κ3) is 8.80. The first-order chi connectivity index (χ1) is 9.76. The summed E-state index contributed by atoms with van der Waals surface area (Å²) in [6.45, 7) is 5.87. The summed E-state index contributed by atoms with van der Waals surface area (Å²) in [7, 11) is 0. The van der Waals surface area contributed by atoms with E-state index in [0.29, 0.717) is 19.0 Å². The van der Waals surface area contributed by atoms with Gasteiger partial charge in [0.15, 0.2) is 0 Å². The number of rotatable bonds is 6. The summed E-state index contributed by atoms with van der Waals surface area (Å²) in [6, 6.07) is -0.0905. The van der Waals surface area contributed by atoms with Crippen LogP contribution >= 0.6 is 0 Å². The Labute approximate surface area is 124 Å². The Morgan fingerprint density at radius 2 is 2.10 bits per heavy atom. The minimum Gasteiger partial charge on any atom is -0.338 e. The zero-order valence-corrected chi connectivity index (χ0v) is 12.8. The van der Waals surface area contributed by atoms with Gasteiger partial charge in [0.05, 0.1) is 6.42 Å². The number of amides is 2. The molecular formula is C14H26F3N3O. The third-order valence-electron chi connectivity index (χ3n) is 3.57. The Balaban J connectivity index is 2.19. The maximum Gasteiger partial charge on any atom is 0.390 e. The average molecular weight is 309 g/mol. The van der Waals surface area contributed by atoms with Crippen molar-refractivity contribution in [2.24, 2.45) is 5.92 Å².